The van der Waals surface area contributed by atoms with Gasteiger partial charge in [0.25, 0.3) is 21.2 Å². The Balaban J connectivity index is 1.12. The molecule has 0 N–H and O–H groups in total. The summed E-state index contributed by atoms with van der Waals surface area (Å²) in [5.74, 6) is -2.15. The van der Waals surface area contributed by atoms with Crippen LogP contribution < -0.4 is 9.47 Å². The van der Waals surface area contributed by atoms with Crippen LogP contribution in [0.4, 0.5) is 23.2 Å². The Morgan fingerprint density at radius 3 is 1.94 bits per heavy atom. The minimum Gasteiger partial charge on any atom is -0.489 e. The summed E-state index contributed by atoms with van der Waals surface area (Å²) in [6.07, 6.45) is 3.12. The normalized spacial score (nSPS) is 17.8. The summed E-state index contributed by atoms with van der Waals surface area (Å²) in [7, 11) is 0. The first-order valence-electron chi connectivity index (χ1n) is 25.9. The van der Waals surface area contributed by atoms with E-state index in [1.54, 1.807) is 17.9 Å². The van der Waals surface area contributed by atoms with E-state index >= 15 is 4.79 Å². The van der Waals surface area contributed by atoms with Crippen LogP contribution in [0.25, 0.3) is 5.57 Å². The van der Waals surface area contributed by atoms with Crippen molar-refractivity contribution in [1.82, 2.24) is 19.7 Å². The quantitative estimate of drug-likeness (QED) is 0.0144. The number of rotatable bonds is 32. The van der Waals surface area contributed by atoms with E-state index in [0.717, 1.165) is 17.7 Å². The summed E-state index contributed by atoms with van der Waals surface area (Å²) in [5, 5.41) is 28.4. The highest BCUT2D eigenvalue weighted by molar-refractivity contribution is 6.32. The smallest absolute Gasteiger partial charge is 0.489 e. The molecule has 3 fully saturated rings. The number of carbonyl (C=O) groups is 4. The number of pyridine rings is 1. The fraction of sp³-hybridized carbons (Fsp3) is 0.549. The van der Waals surface area contributed by atoms with Crippen LogP contribution in [0.1, 0.15) is 86.5 Å². The lowest BCUT2D eigenvalue weighted by atomic mass is 9.66. The Kier molecular flexibility index (Phi) is 21.0. The zero-order valence-corrected chi connectivity index (χ0v) is 44.4. The number of amides is 3. The average Bonchev–Trinajstić information content (AvgIpc) is 2.92. The Labute approximate surface area is 461 Å². The number of ether oxygens (including phenoxy) is 6. The van der Waals surface area contributed by atoms with Crippen molar-refractivity contribution in [2.75, 3.05) is 72.6 Å². The third-order valence-electron chi connectivity index (χ3n) is 13.9. The molecule has 80 heavy (non-hydrogen) atoms. The van der Waals surface area contributed by atoms with Crippen molar-refractivity contribution in [2.24, 2.45) is 5.41 Å². The summed E-state index contributed by atoms with van der Waals surface area (Å²) < 4.78 is 61.3. The van der Waals surface area contributed by atoms with Gasteiger partial charge in [-0.25, -0.2) is 28.1 Å². The van der Waals surface area contributed by atoms with Gasteiger partial charge in [0.2, 0.25) is 5.88 Å². The number of benzene rings is 2. The Morgan fingerprint density at radius 2 is 1.31 bits per heavy atom. The molecule has 26 nitrogen and oxygen atoms in total. The highest BCUT2D eigenvalue weighted by Crippen LogP contribution is 2.63. The van der Waals surface area contributed by atoms with Crippen molar-refractivity contribution >= 4 is 41.4 Å². The molecule has 1 spiro atoms. The van der Waals surface area contributed by atoms with Crippen LogP contribution in [-0.4, -0.2) is 150 Å². The second-order valence-electron chi connectivity index (χ2n) is 19.2. The number of allylic oxidation sites excluding steroid dienone is 1. The van der Waals surface area contributed by atoms with E-state index in [9.17, 15) is 53.5 Å². The Morgan fingerprint density at radius 1 is 0.725 bits per heavy atom. The van der Waals surface area contributed by atoms with Crippen molar-refractivity contribution in [3.63, 3.8) is 0 Å². The second kappa shape index (κ2) is 28.2. The summed E-state index contributed by atoms with van der Waals surface area (Å²) in [6, 6.07) is 9.29. The highest BCUT2D eigenvalue weighted by Gasteiger charge is 2.72. The van der Waals surface area contributed by atoms with E-state index in [2.05, 4.69) is 19.5 Å². The number of unbranched alkanes of at least 4 members (excludes halogenated alkanes) is 3. The van der Waals surface area contributed by atoms with E-state index in [1.165, 1.54) is 16.0 Å². The lowest BCUT2D eigenvalue weighted by Crippen LogP contribution is -2.72. The van der Waals surface area contributed by atoms with Gasteiger partial charge in [-0.2, -0.15) is 0 Å². The summed E-state index contributed by atoms with van der Waals surface area (Å²) in [4.78, 5) is 110. The van der Waals surface area contributed by atoms with Gasteiger partial charge in [-0.05, 0) is 118 Å². The topological polar surface area (TPSA) is 303 Å². The summed E-state index contributed by atoms with van der Waals surface area (Å²) >= 11 is 5.95. The number of nitrogens with zero attached hydrogens (tertiary/aromatic N) is 7. The van der Waals surface area contributed by atoms with Crippen LogP contribution in [0, 0.1) is 54.3 Å². The third-order valence-corrected chi connectivity index (χ3v) is 14.3. The first-order valence-corrected chi connectivity index (χ1v) is 26.3. The van der Waals surface area contributed by atoms with Crippen molar-refractivity contribution in [3.8, 4) is 11.6 Å². The van der Waals surface area contributed by atoms with Crippen molar-refractivity contribution < 1.29 is 86.2 Å². The fourth-order valence-electron chi connectivity index (χ4n) is 9.99. The van der Waals surface area contributed by atoms with Gasteiger partial charge >= 0.3 is 18.3 Å². The zero-order chi connectivity index (χ0) is 57.3. The van der Waals surface area contributed by atoms with Crippen LogP contribution in [0.15, 0.2) is 54.2 Å². The predicted octanol–water partition coefficient (Wildman–Crippen LogP) is 7.81. The van der Waals surface area contributed by atoms with Crippen LogP contribution >= 0.6 is 11.6 Å². The molecule has 3 amide bonds. The molecule has 2 saturated heterocycles. The molecule has 1 saturated carbocycles. The molecule has 29 heteroatoms. The molecule has 1 aromatic heterocycles. The van der Waals surface area contributed by atoms with E-state index in [-0.39, 0.29) is 141 Å². The molecule has 3 aromatic rings. The van der Waals surface area contributed by atoms with E-state index in [0.29, 0.717) is 59.9 Å². The Bertz CT molecular complexity index is 2760. The molecule has 3 heterocycles. The maximum absolute atomic E-state index is 15.7. The van der Waals surface area contributed by atoms with E-state index in [1.807, 2.05) is 24.3 Å². The van der Waals surface area contributed by atoms with Crippen LogP contribution in [0.5, 0.6) is 11.6 Å². The molecule has 3 atom stereocenters. The van der Waals surface area contributed by atoms with Crippen molar-refractivity contribution in [2.45, 2.75) is 102 Å². The van der Waals surface area contributed by atoms with Crippen LogP contribution in [-0.2, 0) is 51.2 Å². The molecule has 4 aliphatic rings. The van der Waals surface area contributed by atoms with Gasteiger partial charge in [0.15, 0.2) is 11.6 Å². The maximum atomic E-state index is 15.7. The lowest BCUT2D eigenvalue weighted by molar-refractivity contribution is -0.757. The monoisotopic (exact) mass is 1150 g/mol. The van der Waals surface area contributed by atoms with Gasteiger partial charge in [-0.15, -0.1) is 30.3 Å². The second-order valence-corrected chi connectivity index (χ2v) is 19.6. The largest absolute Gasteiger partial charge is 0.508 e. The van der Waals surface area contributed by atoms with E-state index < -0.39 is 67.8 Å². The molecular formula is C51H60ClF2N7O19. The molecule has 2 aromatic carbocycles. The standard InChI is InChI=1S/C51H60ClF2N7O19/c1-33-36(18-19-55-46(33)73-27-28-77-50(65)76-22-4-7-26-80-61(70)71)30-57(37-14-15-37)47(62)42-38(35-12-10-34(11-13-35)9-8-23-72-44-40(54)17-16-39(53)43(44)52)29-51-32-56(48(63)74-20-2-5-24-78-59(66)67)31-41(51)58(45(42)51)49(64)75-21-3-6-25-79-60(68)69/h10-13,16-19,37,41,45H,2-9,14-15,20-32H2,1H3. The lowest BCUT2D eigenvalue weighted by Gasteiger charge is -2.57. The first kappa shape index (κ1) is 59.6. The molecule has 3 unspecified atom stereocenters. The zero-order valence-electron chi connectivity index (χ0n) is 43.6. The van der Waals surface area contributed by atoms with Gasteiger partial charge < -0.3 is 52.7 Å². The molecule has 2 aliphatic carbocycles. The fourth-order valence-corrected chi connectivity index (χ4v) is 10.2. The Hall–Kier alpha value is -8.04. The number of halogens is 3. The van der Waals surface area contributed by atoms with Gasteiger partial charge in [-0.3, -0.25) is 9.69 Å². The number of hydrogen-bond donors (Lipinski definition) is 0. The molecule has 0 bridgehead atoms. The third kappa shape index (κ3) is 15.4. The number of hydrogen-bond acceptors (Lipinski definition) is 20. The SMILES string of the molecule is Cc1c(CN(C(=O)C2=C(c3ccc(CCCOc4c(F)ccc(F)c4Cl)cc3)CC34CN(C(=O)OCCCCO[N+](=O)[O-])CC3N(C(=O)OCCCCO[N+](=O)[O-])C24)C2CC2)ccnc1OCCOC(=O)OCCCCO[N+](=O)[O-]. The van der Waals surface area contributed by atoms with Gasteiger partial charge in [0, 0.05) is 48.4 Å². The van der Waals surface area contributed by atoms with Gasteiger partial charge in [0.1, 0.15) is 24.1 Å². The molecule has 434 valence electrons. The van der Waals surface area contributed by atoms with Gasteiger partial charge in [-0.1, -0.05) is 35.9 Å². The predicted molar refractivity (Wildman–Crippen MR) is 271 cm³/mol. The summed E-state index contributed by atoms with van der Waals surface area (Å²) in [5.41, 5.74) is 2.86. The van der Waals surface area contributed by atoms with Gasteiger partial charge in [0.05, 0.1) is 58.3 Å². The molecule has 0 radical (unpaired) electrons. The average molecular weight is 1150 g/mol. The highest BCUT2D eigenvalue weighted by atomic mass is 35.5. The molecule has 7 rings (SSSR count). The van der Waals surface area contributed by atoms with Crippen molar-refractivity contribution in [3.05, 3.63) is 123 Å². The van der Waals surface area contributed by atoms with Crippen molar-refractivity contribution in [1.29, 1.82) is 0 Å². The maximum Gasteiger partial charge on any atom is 0.508 e. The molecular weight excluding hydrogens is 1090 g/mol. The number of carbonyl (C=O) groups excluding carboxylic acids is 4. The van der Waals surface area contributed by atoms with E-state index in [4.69, 9.17) is 40.0 Å². The summed E-state index contributed by atoms with van der Waals surface area (Å²) in [6.45, 7) is 0.905. The number of aromatic nitrogens is 1. The number of likely N-dealkylation sites (tertiary alicyclic amines) is 2. The van der Waals surface area contributed by atoms with Crippen LogP contribution in [0.2, 0.25) is 5.02 Å². The van der Waals surface area contributed by atoms with Crippen LogP contribution in [0.3, 0.4) is 0 Å². The minimum absolute atomic E-state index is 0.0211. The first-order chi connectivity index (χ1) is 38.5. The molecule has 2 aliphatic heterocycles. The number of aryl methyl sites for hydroxylation is 1. The minimum atomic E-state index is -0.959.